The van der Waals surface area contributed by atoms with Crippen LogP contribution in [0.3, 0.4) is 0 Å². The van der Waals surface area contributed by atoms with E-state index in [2.05, 4.69) is 29.5 Å². The molecule has 0 unspecified atom stereocenters. The van der Waals surface area contributed by atoms with Crippen LogP contribution in [0, 0.1) is 5.92 Å². The van der Waals surface area contributed by atoms with E-state index in [1.54, 1.807) is 0 Å². The first-order valence-electron chi connectivity index (χ1n) is 5.89. The van der Waals surface area contributed by atoms with Crippen LogP contribution in [0.1, 0.15) is 39.3 Å². The van der Waals surface area contributed by atoms with Gasteiger partial charge in [0, 0.05) is 13.8 Å². The number of nitrogens with zero attached hydrogens (tertiary/aromatic N) is 1. The summed E-state index contributed by atoms with van der Waals surface area (Å²) in [7, 11) is 0. The Kier molecular flexibility index (Phi) is 4.88. The van der Waals surface area contributed by atoms with Crippen molar-refractivity contribution in [3.8, 4) is 0 Å². The van der Waals surface area contributed by atoms with E-state index in [0.717, 1.165) is 0 Å². The van der Waals surface area contributed by atoms with E-state index in [9.17, 15) is 9.59 Å². The molecule has 0 fully saturated rings. The standard InChI is InChI=1S/C12H19N3O3/c1-7(2)5-10-12(14-9(4)17)18-11(15-10)6-13-8(3)16/h7H,5-6H2,1-4H3,(H,13,16)(H,14,17). The number of rotatable bonds is 5. The van der Waals surface area contributed by atoms with Gasteiger partial charge < -0.3 is 9.73 Å². The fraction of sp³-hybridized carbons (Fsp3) is 0.583. The Balaban J connectivity index is 2.84. The predicted octanol–water partition coefficient (Wildman–Crippen LogP) is 1.47. The van der Waals surface area contributed by atoms with Crippen LogP contribution in [0.2, 0.25) is 0 Å². The molecule has 2 N–H and O–H groups in total. The summed E-state index contributed by atoms with van der Waals surface area (Å²) < 4.78 is 5.42. The van der Waals surface area contributed by atoms with Crippen molar-refractivity contribution in [2.24, 2.45) is 5.92 Å². The monoisotopic (exact) mass is 253 g/mol. The lowest BCUT2D eigenvalue weighted by molar-refractivity contribution is -0.119. The van der Waals surface area contributed by atoms with E-state index in [1.165, 1.54) is 13.8 Å². The third-order valence-corrected chi connectivity index (χ3v) is 2.12. The molecule has 0 spiro atoms. The quantitative estimate of drug-likeness (QED) is 0.832. The molecule has 0 radical (unpaired) electrons. The summed E-state index contributed by atoms with van der Waals surface area (Å²) in [6.07, 6.45) is 0.708. The molecular formula is C12H19N3O3. The van der Waals surface area contributed by atoms with Crippen LogP contribution in [0.15, 0.2) is 4.42 Å². The molecule has 0 aliphatic heterocycles. The lowest BCUT2D eigenvalue weighted by Gasteiger charge is -2.03. The number of anilines is 1. The van der Waals surface area contributed by atoms with Crippen LogP contribution in [0.4, 0.5) is 5.88 Å². The highest BCUT2D eigenvalue weighted by molar-refractivity contribution is 5.87. The minimum atomic E-state index is -0.206. The maximum atomic E-state index is 11.1. The van der Waals surface area contributed by atoms with Gasteiger partial charge in [0.05, 0.1) is 6.54 Å². The van der Waals surface area contributed by atoms with Gasteiger partial charge in [-0.2, -0.15) is 0 Å². The summed E-state index contributed by atoms with van der Waals surface area (Å²) in [5.74, 6) is 0.805. The largest absolute Gasteiger partial charge is 0.423 e. The van der Waals surface area contributed by atoms with Gasteiger partial charge in [0.2, 0.25) is 23.6 Å². The fourth-order valence-corrected chi connectivity index (χ4v) is 1.46. The molecule has 0 saturated carbocycles. The van der Waals surface area contributed by atoms with E-state index < -0.39 is 0 Å². The molecule has 0 aliphatic carbocycles. The molecule has 0 aliphatic rings. The molecule has 1 heterocycles. The van der Waals surface area contributed by atoms with Gasteiger partial charge in [-0.05, 0) is 12.3 Å². The van der Waals surface area contributed by atoms with Gasteiger partial charge in [0.25, 0.3) is 0 Å². The zero-order chi connectivity index (χ0) is 13.7. The number of aromatic nitrogens is 1. The molecule has 1 rings (SSSR count). The Morgan fingerprint density at radius 1 is 1.28 bits per heavy atom. The molecule has 6 nitrogen and oxygen atoms in total. The first-order chi connectivity index (χ1) is 8.38. The van der Waals surface area contributed by atoms with Crippen molar-refractivity contribution in [1.29, 1.82) is 0 Å². The zero-order valence-corrected chi connectivity index (χ0v) is 11.2. The van der Waals surface area contributed by atoms with Gasteiger partial charge in [0.15, 0.2) is 0 Å². The van der Waals surface area contributed by atoms with E-state index in [1.807, 2.05) is 0 Å². The number of amides is 2. The Labute approximate surface area is 106 Å². The number of hydrogen-bond donors (Lipinski definition) is 2. The molecule has 1 aromatic rings. The van der Waals surface area contributed by atoms with E-state index >= 15 is 0 Å². The summed E-state index contributed by atoms with van der Waals surface area (Å²) in [5.41, 5.74) is 0.709. The Morgan fingerprint density at radius 3 is 2.44 bits per heavy atom. The van der Waals surface area contributed by atoms with Crippen molar-refractivity contribution in [3.05, 3.63) is 11.6 Å². The Hall–Kier alpha value is -1.85. The SMILES string of the molecule is CC(=O)NCc1nc(CC(C)C)c(NC(C)=O)o1. The van der Waals surface area contributed by atoms with E-state index in [-0.39, 0.29) is 18.4 Å². The number of carbonyl (C=O) groups excluding carboxylic acids is 2. The van der Waals surface area contributed by atoms with Gasteiger partial charge in [-0.15, -0.1) is 0 Å². The maximum absolute atomic E-state index is 11.1. The Morgan fingerprint density at radius 2 is 1.94 bits per heavy atom. The maximum Gasteiger partial charge on any atom is 0.223 e. The highest BCUT2D eigenvalue weighted by atomic mass is 16.4. The van der Waals surface area contributed by atoms with Crippen LogP contribution < -0.4 is 10.6 Å². The second-order valence-electron chi connectivity index (χ2n) is 4.57. The summed E-state index contributed by atoms with van der Waals surface area (Å²) in [6.45, 7) is 7.17. The van der Waals surface area contributed by atoms with Crippen molar-refractivity contribution in [1.82, 2.24) is 10.3 Å². The first-order valence-corrected chi connectivity index (χ1v) is 5.89. The van der Waals surface area contributed by atoms with Crippen molar-refractivity contribution >= 4 is 17.7 Å². The molecule has 6 heteroatoms. The molecule has 0 saturated heterocycles. The second-order valence-corrected chi connectivity index (χ2v) is 4.57. The molecule has 0 aromatic carbocycles. The minimum Gasteiger partial charge on any atom is -0.423 e. The van der Waals surface area contributed by atoms with E-state index in [0.29, 0.717) is 29.8 Å². The van der Waals surface area contributed by atoms with E-state index in [4.69, 9.17) is 4.42 Å². The third kappa shape index (κ3) is 4.57. The van der Waals surface area contributed by atoms with Crippen LogP contribution in [-0.4, -0.2) is 16.8 Å². The van der Waals surface area contributed by atoms with Gasteiger partial charge in [-0.3, -0.25) is 14.9 Å². The second kappa shape index (κ2) is 6.18. The summed E-state index contributed by atoms with van der Waals surface area (Å²) in [4.78, 5) is 26.2. The van der Waals surface area contributed by atoms with Crippen molar-refractivity contribution in [2.75, 3.05) is 5.32 Å². The highest BCUT2D eigenvalue weighted by Gasteiger charge is 2.15. The zero-order valence-electron chi connectivity index (χ0n) is 11.2. The van der Waals surface area contributed by atoms with Gasteiger partial charge >= 0.3 is 0 Å². The van der Waals surface area contributed by atoms with Crippen LogP contribution in [0.25, 0.3) is 0 Å². The number of hydrogen-bond acceptors (Lipinski definition) is 4. The first kappa shape index (κ1) is 14.2. The number of nitrogens with one attached hydrogen (secondary N) is 2. The lowest BCUT2D eigenvalue weighted by atomic mass is 10.1. The Bertz CT molecular complexity index is 438. The molecular weight excluding hydrogens is 234 g/mol. The molecule has 1 aromatic heterocycles. The average Bonchev–Trinajstić information content (AvgIpc) is 2.56. The summed E-state index contributed by atoms with van der Waals surface area (Å²) in [5, 5.41) is 5.21. The smallest absolute Gasteiger partial charge is 0.223 e. The van der Waals surface area contributed by atoms with Crippen molar-refractivity contribution in [3.63, 3.8) is 0 Å². The topological polar surface area (TPSA) is 84.2 Å². The van der Waals surface area contributed by atoms with Gasteiger partial charge in [-0.25, -0.2) is 4.98 Å². The normalized spacial score (nSPS) is 10.5. The highest BCUT2D eigenvalue weighted by Crippen LogP contribution is 2.20. The van der Waals surface area contributed by atoms with Crippen LogP contribution in [-0.2, 0) is 22.6 Å². The molecule has 18 heavy (non-hydrogen) atoms. The predicted molar refractivity (Wildman–Crippen MR) is 66.9 cm³/mol. The third-order valence-electron chi connectivity index (χ3n) is 2.12. The molecule has 2 amide bonds. The van der Waals surface area contributed by atoms with Crippen molar-refractivity contribution < 1.29 is 14.0 Å². The molecule has 0 bridgehead atoms. The lowest BCUT2D eigenvalue weighted by Crippen LogP contribution is -2.19. The van der Waals surface area contributed by atoms with Gasteiger partial charge in [-0.1, -0.05) is 13.8 Å². The summed E-state index contributed by atoms with van der Waals surface area (Å²) >= 11 is 0. The minimum absolute atomic E-state index is 0.153. The molecule has 0 atom stereocenters. The van der Waals surface area contributed by atoms with Crippen LogP contribution in [0.5, 0.6) is 0 Å². The average molecular weight is 253 g/mol. The van der Waals surface area contributed by atoms with Crippen molar-refractivity contribution in [2.45, 2.75) is 40.7 Å². The number of carbonyl (C=O) groups is 2. The molecule has 100 valence electrons. The van der Waals surface area contributed by atoms with Crippen LogP contribution >= 0.6 is 0 Å². The number of oxazole rings is 1. The van der Waals surface area contributed by atoms with Gasteiger partial charge in [0.1, 0.15) is 5.69 Å². The fourth-order valence-electron chi connectivity index (χ4n) is 1.46. The summed E-state index contributed by atoms with van der Waals surface area (Å²) in [6, 6.07) is 0.